The minimum absolute atomic E-state index is 0.0620. The summed E-state index contributed by atoms with van der Waals surface area (Å²) in [6, 6.07) is -0.319. The fourth-order valence-corrected chi connectivity index (χ4v) is 4.36. The normalized spacial score (nSPS) is 26.6. The maximum absolute atomic E-state index is 12.8. The predicted molar refractivity (Wildman–Crippen MR) is 92.1 cm³/mol. The molecular formula is C18H29N3O4. The van der Waals surface area contributed by atoms with Gasteiger partial charge in [-0.1, -0.05) is 19.3 Å². The first-order valence-corrected chi connectivity index (χ1v) is 9.65. The van der Waals surface area contributed by atoms with Crippen LogP contribution in [0.5, 0.6) is 0 Å². The van der Waals surface area contributed by atoms with Gasteiger partial charge in [-0.3, -0.25) is 9.59 Å². The smallest absolute Gasteiger partial charge is 0.318 e. The Balaban J connectivity index is 1.52. The fourth-order valence-electron chi connectivity index (χ4n) is 4.36. The number of likely N-dealkylation sites (tertiary alicyclic amines) is 2. The van der Waals surface area contributed by atoms with Crippen LogP contribution < -0.4 is 5.32 Å². The summed E-state index contributed by atoms with van der Waals surface area (Å²) in [6.07, 6.45) is 8.36. The quantitative estimate of drug-likeness (QED) is 0.811. The molecule has 25 heavy (non-hydrogen) atoms. The molecule has 3 amide bonds. The highest BCUT2D eigenvalue weighted by Gasteiger charge is 2.36. The van der Waals surface area contributed by atoms with Crippen LogP contribution in [0.4, 0.5) is 4.79 Å². The number of urea groups is 1. The number of nitrogens with one attached hydrogen (secondary N) is 1. The summed E-state index contributed by atoms with van der Waals surface area (Å²) in [5, 5.41) is 11.9. The van der Waals surface area contributed by atoms with E-state index in [-0.39, 0.29) is 17.9 Å². The molecule has 1 aliphatic carbocycles. The Morgan fingerprint density at radius 1 is 0.920 bits per heavy atom. The molecule has 140 valence electrons. The molecule has 3 fully saturated rings. The second-order valence-corrected chi connectivity index (χ2v) is 7.57. The first-order valence-electron chi connectivity index (χ1n) is 9.65. The van der Waals surface area contributed by atoms with Crippen LogP contribution in [0.1, 0.15) is 57.8 Å². The van der Waals surface area contributed by atoms with Crippen molar-refractivity contribution in [3.63, 3.8) is 0 Å². The number of piperidine rings is 2. The van der Waals surface area contributed by atoms with E-state index < -0.39 is 12.0 Å². The first-order chi connectivity index (χ1) is 12.1. The summed E-state index contributed by atoms with van der Waals surface area (Å²) < 4.78 is 0. The number of hydrogen-bond acceptors (Lipinski definition) is 3. The topological polar surface area (TPSA) is 89.9 Å². The van der Waals surface area contributed by atoms with Gasteiger partial charge in [0.05, 0.1) is 5.92 Å². The summed E-state index contributed by atoms with van der Waals surface area (Å²) in [5.74, 6) is -1.08. The fraction of sp³-hybridized carbons (Fsp3) is 0.833. The SMILES string of the molecule is O=C(O)C1CCN(C(=O)NC2CCCN(C3CCCCC3)C2=O)CC1. The van der Waals surface area contributed by atoms with E-state index in [4.69, 9.17) is 5.11 Å². The molecule has 0 radical (unpaired) electrons. The standard InChI is InChI=1S/C18H29N3O4/c22-16-15(7-4-10-21(16)14-5-2-1-3-6-14)19-18(25)20-11-8-13(9-12-20)17(23)24/h13-15H,1-12H2,(H,19,25)(H,23,24). The number of carboxylic acid groups (broad SMARTS) is 1. The van der Waals surface area contributed by atoms with Crippen molar-refractivity contribution in [3.8, 4) is 0 Å². The number of nitrogens with zero attached hydrogens (tertiary/aromatic N) is 2. The van der Waals surface area contributed by atoms with Gasteiger partial charge in [-0.2, -0.15) is 0 Å². The zero-order valence-corrected chi connectivity index (χ0v) is 14.8. The molecule has 2 heterocycles. The van der Waals surface area contributed by atoms with Crippen molar-refractivity contribution in [2.45, 2.75) is 69.9 Å². The van der Waals surface area contributed by atoms with Crippen molar-refractivity contribution in [1.29, 1.82) is 0 Å². The van der Waals surface area contributed by atoms with Gasteiger partial charge < -0.3 is 20.2 Å². The van der Waals surface area contributed by atoms with Crippen LogP contribution in [0.3, 0.4) is 0 Å². The Morgan fingerprint density at radius 2 is 1.60 bits per heavy atom. The monoisotopic (exact) mass is 351 g/mol. The molecule has 1 saturated carbocycles. The lowest BCUT2D eigenvalue weighted by Gasteiger charge is -2.40. The summed E-state index contributed by atoms with van der Waals surface area (Å²) in [6.45, 7) is 1.69. The minimum atomic E-state index is -0.786. The van der Waals surface area contributed by atoms with E-state index in [1.807, 2.05) is 4.90 Å². The third-order valence-corrected chi connectivity index (χ3v) is 5.92. The van der Waals surface area contributed by atoms with Gasteiger partial charge in [-0.05, 0) is 38.5 Å². The molecule has 0 aromatic carbocycles. The molecule has 1 atom stereocenters. The Morgan fingerprint density at radius 3 is 2.24 bits per heavy atom. The van der Waals surface area contributed by atoms with E-state index in [0.29, 0.717) is 38.4 Å². The third-order valence-electron chi connectivity index (χ3n) is 5.92. The first kappa shape index (κ1) is 18.0. The molecule has 0 spiro atoms. The number of rotatable bonds is 3. The Bertz CT molecular complexity index is 510. The summed E-state index contributed by atoms with van der Waals surface area (Å²) in [4.78, 5) is 39.9. The van der Waals surface area contributed by atoms with E-state index in [1.54, 1.807) is 4.90 Å². The lowest BCUT2D eigenvalue weighted by atomic mass is 9.91. The third kappa shape index (κ3) is 4.25. The second-order valence-electron chi connectivity index (χ2n) is 7.57. The number of aliphatic carboxylic acids is 1. The van der Waals surface area contributed by atoms with Crippen LogP contribution in [0.15, 0.2) is 0 Å². The van der Waals surface area contributed by atoms with E-state index >= 15 is 0 Å². The summed E-state index contributed by atoms with van der Waals surface area (Å²) in [5.41, 5.74) is 0. The molecule has 3 aliphatic rings. The van der Waals surface area contributed by atoms with Crippen LogP contribution >= 0.6 is 0 Å². The largest absolute Gasteiger partial charge is 0.481 e. The van der Waals surface area contributed by atoms with Crippen molar-refractivity contribution in [1.82, 2.24) is 15.1 Å². The molecule has 0 bridgehead atoms. The van der Waals surface area contributed by atoms with Crippen molar-refractivity contribution in [2.75, 3.05) is 19.6 Å². The highest BCUT2D eigenvalue weighted by molar-refractivity contribution is 5.88. The molecular weight excluding hydrogens is 322 g/mol. The highest BCUT2D eigenvalue weighted by Crippen LogP contribution is 2.26. The Kier molecular flexibility index (Phi) is 5.81. The van der Waals surface area contributed by atoms with Crippen LogP contribution in [-0.4, -0.2) is 64.5 Å². The van der Waals surface area contributed by atoms with Gasteiger partial charge in [0.25, 0.3) is 0 Å². The molecule has 3 rings (SSSR count). The van der Waals surface area contributed by atoms with Crippen LogP contribution in [-0.2, 0) is 9.59 Å². The van der Waals surface area contributed by atoms with Crippen molar-refractivity contribution < 1.29 is 19.5 Å². The maximum Gasteiger partial charge on any atom is 0.318 e. The van der Waals surface area contributed by atoms with Gasteiger partial charge in [0.2, 0.25) is 5.91 Å². The minimum Gasteiger partial charge on any atom is -0.481 e. The highest BCUT2D eigenvalue weighted by atomic mass is 16.4. The van der Waals surface area contributed by atoms with E-state index in [0.717, 1.165) is 25.8 Å². The molecule has 2 saturated heterocycles. The van der Waals surface area contributed by atoms with Gasteiger partial charge in [-0.15, -0.1) is 0 Å². The Labute approximate surface area is 148 Å². The van der Waals surface area contributed by atoms with Gasteiger partial charge in [0.1, 0.15) is 6.04 Å². The summed E-state index contributed by atoms with van der Waals surface area (Å²) >= 11 is 0. The van der Waals surface area contributed by atoms with Gasteiger partial charge in [0.15, 0.2) is 0 Å². The average Bonchev–Trinajstić information content (AvgIpc) is 2.64. The molecule has 1 unspecified atom stereocenters. The zero-order chi connectivity index (χ0) is 17.8. The maximum atomic E-state index is 12.8. The molecule has 0 aromatic heterocycles. The van der Waals surface area contributed by atoms with E-state index in [9.17, 15) is 14.4 Å². The lowest BCUT2D eigenvalue weighted by Crippen LogP contribution is -2.58. The molecule has 0 aromatic rings. The van der Waals surface area contributed by atoms with E-state index in [2.05, 4.69) is 5.32 Å². The molecule has 7 nitrogen and oxygen atoms in total. The van der Waals surface area contributed by atoms with Crippen LogP contribution in [0, 0.1) is 5.92 Å². The van der Waals surface area contributed by atoms with E-state index in [1.165, 1.54) is 19.3 Å². The number of carboxylic acids is 1. The number of carbonyl (C=O) groups is 3. The van der Waals surface area contributed by atoms with Gasteiger partial charge in [-0.25, -0.2) is 4.79 Å². The molecule has 2 N–H and O–H groups in total. The van der Waals surface area contributed by atoms with Crippen molar-refractivity contribution in [3.05, 3.63) is 0 Å². The number of amides is 3. The number of carbonyl (C=O) groups excluding carboxylic acids is 2. The zero-order valence-electron chi connectivity index (χ0n) is 14.8. The van der Waals surface area contributed by atoms with Crippen LogP contribution in [0.2, 0.25) is 0 Å². The van der Waals surface area contributed by atoms with Crippen molar-refractivity contribution in [2.24, 2.45) is 5.92 Å². The van der Waals surface area contributed by atoms with Gasteiger partial charge in [0, 0.05) is 25.7 Å². The summed E-state index contributed by atoms with van der Waals surface area (Å²) in [7, 11) is 0. The van der Waals surface area contributed by atoms with Crippen molar-refractivity contribution >= 4 is 17.9 Å². The number of hydrogen-bond donors (Lipinski definition) is 2. The Hall–Kier alpha value is -1.79. The second kappa shape index (κ2) is 8.06. The lowest BCUT2D eigenvalue weighted by molar-refractivity contribution is -0.143. The average molecular weight is 351 g/mol. The molecule has 2 aliphatic heterocycles. The van der Waals surface area contributed by atoms with Gasteiger partial charge >= 0.3 is 12.0 Å². The molecule has 7 heteroatoms. The predicted octanol–water partition coefficient (Wildman–Crippen LogP) is 1.82. The van der Waals surface area contributed by atoms with Crippen LogP contribution in [0.25, 0.3) is 0 Å².